The average molecular weight is 525 g/mol. The van der Waals surface area contributed by atoms with Gasteiger partial charge in [-0.2, -0.15) is 18.3 Å². The van der Waals surface area contributed by atoms with E-state index in [0.29, 0.717) is 22.5 Å². The van der Waals surface area contributed by atoms with Gasteiger partial charge < -0.3 is 21.5 Å². The van der Waals surface area contributed by atoms with E-state index in [2.05, 4.69) is 20.7 Å². The van der Waals surface area contributed by atoms with Crippen molar-refractivity contribution in [2.75, 3.05) is 11.1 Å². The molecule has 12 heteroatoms. The van der Waals surface area contributed by atoms with E-state index < -0.39 is 17.5 Å². The number of nitrogen functional groups attached to an aromatic ring is 1. The summed E-state index contributed by atoms with van der Waals surface area (Å²) in [6, 6.07) is 5.16. The Labute approximate surface area is 211 Å². The number of aliphatic hydroxyl groups is 1. The largest absolute Gasteiger partial charge is 0.433 e. The van der Waals surface area contributed by atoms with Gasteiger partial charge in [-0.1, -0.05) is 11.6 Å². The van der Waals surface area contributed by atoms with Gasteiger partial charge in [0, 0.05) is 28.2 Å². The lowest BCUT2D eigenvalue weighted by atomic mass is 9.90. The summed E-state index contributed by atoms with van der Waals surface area (Å²) in [7, 11) is 0. The number of carbonyl (C=O) groups excluding carboxylic acids is 1. The first-order valence-corrected chi connectivity index (χ1v) is 12.0. The fourth-order valence-electron chi connectivity index (χ4n) is 4.46. The number of hydrogen-bond donors (Lipinski definition) is 4. The summed E-state index contributed by atoms with van der Waals surface area (Å²) in [5, 5.41) is 21.2. The van der Waals surface area contributed by atoms with E-state index in [1.807, 2.05) is 0 Å². The second kappa shape index (κ2) is 9.78. The third kappa shape index (κ3) is 6.01. The molecule has 0 saturated heterocycles. The van der Waals surface area contributed by atoms with Gasteiger partial charge in [-0.25, -0.2) is 9.67 Å². The molecular weight excluding hydrogens is 497 g/mol. The van der Waals surface area contributed by atoms with Crippen LogP contribution in [0.15, 0.2) is 30.5 Å². The molecule has 0 spiro atoms. The first kappa shape index (κ1) is 26.0. The number of amides is 1. The number of anilines is 2. The Balaban J connectivity index is 1.49. The van der Waals surface area contributed by atoms with Crippen molar-refractivity contribution in [3.8, 4) is 0 Å². The molecule has 2 heterocycles. The second-order valence-electron chi connectivity index (χ2n) is 9.81. The van der Waals surface area contributed by atoms with Crippen molar-refractivity contribution in [1.29, 1.82) is 0 Å². The van der Waals surface area contributed by atoms with Crippen LogP contribution in [0.2, 0.25) is 5.02 Å². The lowest BCUT2D eigenvalue weighted by Gasteiger charge is -2.31. The number of fused-ring (bicyclic) bond motifs is 1. The monoisotopic (exact) mass is 524 g/mol. The Hall–Kier alpha value is -3.05. The van der Waals surface area contributed by atoms with Gasteiger partial charge in [-0.15, -0.1) is 0 Å². The van der Waals surface area contributed by atoms with Gasteiger partial charge >= 0.3 is 6.18 Å². The number of pyridine rings is 1. The van der Waals surface area contributed by atoms with Crippen molar-refractivity contribution >= 4 is 39.9 Å². The zero-order valence-electron chi connectivity index (χ0n) is 19.9. The van der Waals surface area contributed by atoms with E-state index in [0.717, 1.165) is 25.3 Å². The first-order chi connectivity index (χ1) is 16.8. The van der Waals surface area contributed by atoms with Crippen LogP contribution in [-0.4, -0.2) is 43.5 Å². The Morgan fingerprint density at radius 2 is 1.97 bits per heavy atom. The molecule has 1 saturated carbocycles. The molecule has 1 amide bonds. The Bertz CT molecular complexity index is 1270. The quantitative estimate of drug-likeness (QED) is 0.374. The number of benzene rings is 1. The zero-order chi connectivity index (χ0) is 26.3. The highest BCUT2D eigenvalue weighted by Gasteiger charge is 2.34. The van der Waals surface area contributed by atoms with Gasteiger partial charge in [0.05, 0.1) is 23.9 Å². The number of carbonyl (C=O) groups is 1. The normalized spacial score (nSPS) is 18.9. The number of aromatic nitrogens is 3. The van der Waals surface area contributed by atoms with E-state index in [9.17, 15) is 23.1 Å². The molecule has 8 nitrogen and oxygen atoms in total. The van der Waals surface area contributed by atoms with Gasteiger partial charge in [-0.05, 0) is 63.8 Å². The van der Waals surface area contributed by atoms with Gasteiger partial charge in [-0.3, -0.25) is 4.79 Å². The predicted octanol–water partition coefficient (Wildman–Crippen LogP) is 4.61. The van der Waals surface area contributed by atoms with Crippen LogP contribution >= 0.6 is 11.6 Å². The van der Waals surface area contributed by atoms with Gasteiger partial charge in [0.15, 0.2) is 0 Å². The number of halogens is 4. The van der Waals surface area contributed by atoms with E-state index in [1.54, 1.807) is 19.9 Å². The number of alkyl halides is 3. The maximum absolute atomic E-state index is 13.5. The fraction of sp³-hybridized carbons (Fsp3) is 0.458. The third-order valence-corrected chi connectivity index (χ3v) is 6.33. The Morgan fingerprint density at radius 1 is 1.25 bits per heavy atom. The van der Waals surface area contributed by atoms with Gasteiger partial charge in [0.25, 0.3) is 5.91 Å². The highest BCUT2D eigenvalue weighted by atomic mass is 35.5. The maximum atomic E-state index is 13.5. The summed E-state index contributed by atoms with van der Waals surface area (Å²) in [4.78, 5) is 16.6. The maximum Gasteiger partial charge on any atom is 0.433 e. The third-order valence-electron chi connectivity index (χ3n) is 6.09. The summed E-state index contributed by atoms with van der Waals surface area (Å²) < 4.78 is 41.7. The zero-order valence-corrected chi connectivity index (χ0v) is 20.6. The highest BCUT2D eigenvalue weighted by molar-refractivity contribution is 6.31. The number of nitrogens with two attached hydrogens (primary N) is 1. The molecule has 1 aliphatic carbocycles. The summed E-state index contributed by atoms with van der Waals surface area (Å²) in [6.07, 6.45) is -0.507. The fourth-order valence-corrected chi connectivity index (χ4v) is 4.63. The van der Waals surface area contributed by atoms with Crippen molar-refractivity contribution in [2.45, 2.75) is 69.9 Å². The smallest absolute Gasteiger partial charge is 0.389 e. The number of nitrogens with one attached hydrogen (secondary N) is 2. The number of rotatable bonds is 6. The predicted molar refractivity (Wildman–Crippen MR) is 132 cm³/mol. The lowest BCUT2D eigenvalue weighted by Crippen LogP contribution is -2.42. The van der Waals surface area contributed by atoms with Crippen LogP contribution in [0.25, 0.3) is 10.9 Å². The summed E-state index contributed by atoms with van der Waals surface area (Å²) in [6.45, 7) is 3.35. The molecule has 2 aromatic heterocycles. The molecule has 36 heavy (non-hydrogen) atoms. The minimum atomic E-state index is -4.59. The van der Waals surface area contributed by atoms with Crippen LogP contribution in [0.3, 0.4) is 0 Å². The molecule has 194 valence electrons. The molecule has 1 fully saturated rings. The summed E-state index contributed by atoms with van der Waals surface area (Å²) in [5.41, 5.74) is 4.72. The molecule has 1 aromatic carbocycles. The van der Waals surface area contributed by atoms with Crippen molar-refractivity contribution < 1.29 is 23.1 Å². The standard InChI is InChI=1S/C24H28ClF3N6O2/c1-23(2,36)12-34-21(29)17(11-30-34)22(35)32-15-5-3-4-14(9-15)31-19-10-20(24(26,27)28)33-18-7-6-13(25)8-16(18)19/h6-8,10-11,14-15,36H,3-5,9,12,29H2,1-2H3,(H,31,33)(H,32,35)/t14-,15?/m0/s1. The van der Waals surface area contributed by atoms with Crippen LogP contribution in [0.1, 0.15) is 55.6 Å². The van der Waals surface area contributed by atoms with Crippen LogP contribution in [-0.2, 0) is 12.7 Å². The molecule has 1 unspecified atom stereocenters. The molecule has 0 radical (unpaired) electrons. The number of nitrogens with zero attached hydrogens (tertiary/aromatic N) is 3. The van der Waals surface area contributed by atoms with E-state index in [-0.39, 0.29) is 41.4 Å². The highest BCUT2D eigenvalue weighted by Crippen LogP contribution is 2.35. The molecule has 5 N–H and O–H groups in total. The topological polar surface area (TPSA) is 118 Å². The van der Waals surface area contributed by atoms with Crippen LogP contribution in [0.4, 0.5) is 24.7 Å². The average Bonchev–Trinajstić information content (AvgIpc) is 3.12. The van der Waals surface area contributed by atoms with Crippen molar-refractivity contribution in [2.24, 2.45) is 0 Å². The first-order valence-electron chi connectivity index (χ1n) is 11.6. The number of hydrogen-bond acceptors (Lipinski definition) is 6. The Kier molecular flexibility index (Phi) is 7.07. The van der Waals surface area contributed by atoms with E-state index in [1.165, 1.54) is 23.0 Å². The van der Waals surface area contributed by atoms with Gasteiger partial charge in [0.1, 0.15) is 17.1 Å². The minimum Gasteiger partial charge on any atom is -0.389 e. The lowest BCUT2D eigenvalue weighted by molar-refractivity contribution is -0.140. The molecule has 0 bridgehead atoms. The van der Waals surface area contributed by atoms with E-state index in [4.69, 9.17) is 17.3 Å². The summed E-state index contributed by atoms with van der Waals surface area (Å²) >= 11 is 6.10. The molecule has 1 aliphatic rings. The van der Waals surface area contributed by atoms with Crippen molar-refractivity contribution in [3.63, 3.8) is 0 Å². The minimum absolute atomic E-state index is 0.130. The van der Waals surface area contributed by atoms with Gasteiger partial charge in [0.2, 0.25) is 0 Å². The molecule has 2 atom stereocenters. The van der Waals surface area contributed by atoms with Crippen molar-refractivity contribution in [3.05, 3.63) is 46.7 Å². The second-order valence-corrected chi connectivity index (χ2v) is 10.2. The van der Waals surface area contributed by atoms with Crippen LogP contribution in [0, 0.1) is 0 Å². The molecular formula is C24H28ClF3N6O2. The molecule has 4 rings (SSSR count). The molecule has 3 aromatic rings. The van der Waals surface area contributed by atoms with Crippen molar-refractivity contribution in [1.82, 2.24) is 20.1 Å². The SMILES string of the molecule is CC(C)(O)Cn1ncc(C(=O)NC2CCC[C@H](Nc3cc(C(F)(F)F)nc4ccc(Cl)cc34)C2)c1N. The van der Waals surface area contributed by atoms with Crippen LogP contribution in [0.5, 0.6) is 0 Å². The summed E-state index contributed by atoms with van der Waals surface area (Å²) in [5.74, 6) is -0.236. The van der Waals surface area contributed by atoms with Crippen LogP contribution < -0.4 is 16.4 Å². The van der Waals surface area contributed by atoms with E-state index >= 15 is 0 Å². The molecule has 0 aliphatic heterocycles. The Morgan fingerprint density at radius 3 is 2.67 bits per heavy atom.